The van der Waals surface area contributed by atoms with E-state index in [9.17, 15) is 14.7 Å². The second-order valence-corrected chi connectivity index (χ2v) is 6.85. The molecule has 1 aromatic carbocycles. The lowest BCUT2D eigenvalue weighted by Gasteiger charge is -2.40. The highest BCUT2D eigenvalue weighted by atomic mass is 16.5. The van der Waals surface area contributed by atoms with E-state index in [1.54, 1.807) is 12.0 Å². The SMILES string of the molecule is COCCC1(C(=O)O)CCCN(C(=O)Cc2cc(C)ccc2C)C1. The van der Waals surface area contributed by atoms with Crippen molar-refractivity contribution in [3.8, 4) is 0 Å². The van der Waals surface area contributed by atoms with Gasteiger partial charge in [-0.05, 0) is 44.2 Å². The Bertz CT molecular complexity index is 613. The van der Waals surface area contributed by atoms with Crippen molar-refractivity contribution in [3.63, 3.8) is 0 Å². The van der Waals surface area contributed by atoms with Crippen LogP contribution in [0.1, 0.15) is 36.0 Å². The number of ether oxygens (including phenoxy) is 1. The number of carboxylic acid groups (broad SMARTS) is 1. The first-order valence-corrected chi connectivity index (χ1v) is 8.44. The molecule has 0 aliphatic carbocycles. The fourth-order valence-electron chi connectivity index (χ4n) is 3.39. The third-order valence-corrected chi connectivity index (χ3v) is 5.01. The van der Waals surface area contributed by atoms with Crippen LogP contribution in [0, 0.1) is 19.3 Å². The molecular formula is C19H27NO4. The van der Waals surface area contributed by atoms with E-state index in [-0.39, 0.29) is 12.5 Å². The van der Waals surface area contributed by atoms with E-state index >= 15 is 0 Å². The number of methoxy groups -OCH3 is 1. The summed E-state index contributed by atoms with van der Waals surface area (Å²) in [6.45, 7) is 5.30. The van der Waals surface area contributed by atoms with Crippen LogP contribution in [0.3, 0.4) is 0 Å². The third-order valence-electron chi connectivity index (χ3n) is 5.01. The third kappa shape index (κ3) is 4.15. The predicted molar refractivity (Wildman–Crippen MR) is 92.0 cm³/mol. The summed E-state index contributed by atoms with van der Waals surface area (Å²) in [5, 5.41) is 9.69. The number of aliphatic carboxylic acids is 1. The number of aryl methyl sites for hydroxylation is 2. The van der Waals surface area contributed by atoms with Crippen molar-refractivity contribution < 1.29 is 19.4 Å². The molecule has 1 N–H and O–H groups in total. The number of nitrogens with zero attached hydrogens (tertiary/aromatic N) is 1. The molecule has 24 heavy (non-hydrogen) atoms. The van der Waals surface area contributed by atoms with E-state index in [0.717, 1.165) is 16.7 Å². The van der Waals surface area contributed by atoms with Crippen molar-refractivity contribution in [2.75, 3.05) is 26.8 Å². The lowest BCUT2D eigenvalue weighted by molar-refractivity contribution is -0.156. The molecule has 1 aliphatic rings. The van der Waals surface area contributed by atoms with Crippen LogP contribution in [0.5, 0.6) is 0 Å². The first-order chi connectivity index (χ1) is 11.4. The Morgan fingerprint density at radius 2 is 2.08 bits per heavy atom. The highest BCUT2D eigenvalue weighted by molar-refractivity contribution is 5.81. The number of likely N-dealkylation sites (tertiary alicyclic amines) is 1. The van der Waals surface area contributed by atoms with Gasteiger partial charge in [-0.3, -0.25) is 9.59 Å². The maximum absolute atomic E-state index is 12.7. The number of hydrogen-bond donors (Lipinski definition) is 1. The number of piperidine rings is 1. The van der Waals surface area contributed by atoms with Gasteiger partial charge in [-0.1, -0.05) is 23.8 Å². The largest absolute Gasteiger partial charge is 0.481 e. The van der Waals surface area contributed by atoms with E-state index in [0.29, 0.717) is 38.8 Å². The summed E-state index contributed by atoms with van der Waals surface area (Å²) in [5.41, 5.74) is 2.35. The first kappa shape index (κ1) is 18.5. The molecule has 0 spiro atoms. The lowest BCUT2D eigenvalue weighted by Crippen LogP contribution is -2.50. The van der Waals surface area contributed by atoms with Crippen LogP contribution < -0.4 is 0 Å². The summed E-state index contributed by atoms with van der Waals surface area (Å²) in [5.74, 6) is -0.824. The highest BCUT2D eigenvalue weighted by Gasteiger charge is 2.43. The fourth-order valence-corrected chi connectivity index (χ4v) is 3.39. The molecule has 1 saturated heterocycles. The van der Waals surface area contributed by atoms with Gasteiger partial charge in [0.05, 0.1) is 11.8 Å². The van der Waals surface area contributed by atoms with Crippen LogP contribution in [-0.4, -0.2) is 48.7 Å². The Kier molecular flexibility index (Phi) is 5.99. The molecule has 1 fully saturated rings. The summed E-state index contributed by atoms with van der Waals surface area (Å²) in [7, 11) is 1.57. The monoisotopic (exact) mass is 333 g/mol. The molecule has 0 aromatic heterocycles. The number of hydrogen-bond acceptors (Lipinski definition) is 3. The average molecular weight is 333 g/mol. The quantitative estimate of drug-likeness (QED) is 0.869. The van der Waals surface area contributed by atoms with E-state index in [1.165, 1.54) is 0 Å². The van der Waals surface area contributed by atoms with Gasteiger partial charge in [0.1, 0.15) is 0 Å². The molecule has 5 heteroatoms. The van der Waals surface area contributed by atoms with Crippen LogP contribution in [0.2, 0.25) is 0 Å². The van der Waals surface area contributed by atoms with Gasteiger partial charge in [0.25, 0.3) is 0 Å². The second-order valence-electron chi connectivity index (χ2n) is 6.85. The van der Waals surface area contributed by atoms with Crippen LogP contribution in [0.25, 0.3) is 0 Å². The summed E-state index contributed by atoms with van der Waals surface area (Å²) in [4.78, 5) is 26.2. The number of benzene rings is 1. The van der Waals surface area contributed by atoms with Crippen molar-refractivity contribution in [1.82, 2.24) is 4.90 Å². The zero-order chi connectivity index (χ0) is 17.7. The van der Waals surface area contributed by atoms with Crippen molar-refractivity contribution in [1.29, 1.82) is 0 Å². The summed E-state index contributed by atoms with van der Waals surface area (Å²) in [6.07, 6.45) is 2.08. The molecule has 0 radical (unpaired) electrons. The Labute approximate surface area is 143 Å². The fraction of sp³-hybridized carbons (Fsp3) is 0.579. The molecule has 1 atom stereocenters. The number of rotatable bonds is 6. The maximum atomic E-state index is 12.7. The smallest absolute Gasteiger partial charge is 0.311 e. The van der Waals surface area contributed by atoms with E-state index < -0.39 is 11.4 Å². The number of amides is 1. The molecule has 0 bridgehead atoms. The van der Waals surface area contributed by atoms with Gasteiger partial charge in [0.2, 0.25) is 5.91 Å². The Morgan fingerprint density at radius 1 is 1.33 bits per heavy atom. The van der Waals surface area contributed by atoms with Gasteiger partial charge < -0.3 is 14.7 Å². The number of carbonyl (C=O) groups excluding carboxylic acids is 1. The molecular weight excluding hydrogens is 306 g/mol. The lowest BCUT2D eigenvalue weighted by atomic mass is 9.77. The summed E-state index contributed by atoms with van der Waals surface area (Å²) in [6, 6.07) is 6.09. The minimum Gasteiger partial charge on any atom is -0.481 e. The van der Waals surface area contributed by atoms with Crippen LogP contribution >= 0.6 is 0 Å². The average Bonchev–Trinajstić information content (AvgIpc) is 2.56. The van der Waals surface area contributed by atoms with Gasteiger partial charge in [0.15, 0.2) is 0 Å². The zero-order valence-corrected chi connectivity index (χ0v) is 14.8. The van der Waals surface area contributed by atoms with E-state index in [1.807, 2.05) is 32.0 Å². The molecule has 1 aromatic rings. The van der Waals surface area contributed by atoms with Gasteiger partial charge in [0, 0.05) is 26.8 Å². The van der Waals surface area contributed by atoms with Gasteiger partial charge >= 0.3 is 5.97 Å². The molecule has 1 unspecified atom stereocenters. The normalized spacial score (nSPS) is 20.9. The Balaban J connectivity index is 2.11. The standard InChI is InChI=1S/C19H27NO4/c1-14-5-6-15(2)16(11-14)12-17(21)20-9-4-7-19(13-20,18(22)23)8-10-24-3/h5-6,11H,4,7-10,12-13H2,1-3H3,(H,22,23). The van der Waals surface area contributed by atoms with Crippen LogP contribution in [0.15, 0.2) is 18.2 Å². The maximum Gasteiger partial charge on any atom is 0.311 e. The second kappa shape index (κ2) is 7.79. The molecule has 5 nitrogen and oxygen atoms in total. The molecule has 132 valence electrons. The summed E-state index contributed by atoms with van der Waals surface area (Å²) >= 11 is 0. The zero-order valence-electron chi connectivity index (χ0n) is 14.8. The van der Waals surface area contributed by atoms with Crippen LogP contribution in [0.4, 0.5) is 0 Å². The predicted octanol–water partition coefficient (Wildman–Crippen LogP) is 2.58. The van der Waals surface area contributed by atoms with Gasteiger partial charge in [-0.15, -0.1) is 0 Å². The van der Waals surface area contributed by atoms with Gasteiger partial charge in [-0.2, -0.15) is 0 Å². The molecule has 1 aliphatic heterocycles. The topological polar surface area (TPSA) is 66.8 Å². The van der Waals surface area contributed by atoms with Crippen molar-refractivity contribution in [3.05, 3.63) is 34.9 Å². The van der Waals surface area contributed by atoms with E-state index in [2.05, 4.69) is 0 Å². The highest BCUT2D eigenvalue weighted by Crippen LogP contribution is 2.34. The van der Waals surface area contributed by atoms with Gasteiger partial charge in [-0.25, -0.2) is 0 Å². The minimum atomic E-state index is -0.883. The first-order valence-electron chi connectivity index (χ1n) is 8.44. The van der Waals surface area contributed by atoms with Crippen LogP contribution in [-0.2, 0) is 20.7 Å². The number of carboxylic acids is 1. The number of carbonyl (C=O) groups is 2. The van der Waals surface area contributed by atoms with Crippen molar-refractivity contribution in [2.45, 2.75) is 39.5 Å². The molecule has 2 rings (SSSR count). The molecule has 1 heterocycles. The van der Waals surface area contributed by atoms with Crippen molar-refractivity contribution >= 4 is 11.9 Å². The van der Waals surface area contributed by atoms with E-state index in [4.69, 9.17) is 4.74 Å². The molecule has 0 saturated carbocycles. The Hall–Kier alpha value is -1.88. The summed E-state index contributed by atoms with van der Waals surface area (Å²) < 4.78 is 5.07. The minimum absolute atomic E-state index is 0.00596. The Morgan fingerprint density at radius 3 is 2.75 bits per heavy atom. The van der Waals surface area contributed by atoms with Crippen molar-refractivity contribution in [2.24, 2.45) is 5.41 Å². The molecule has 1 amide bonds.